The van der Waals surface area contributed by atoms with E-state index in [4.69, 9.17) is 0 Å². The Morgan fingerprint density at radius 3 is 2.77 bits per heavy atom. The molecule has 1 aliphatic heterocycles. The number of H-pyrrole nitrogens is 1. The number of fused-ring (bicyclic) bond motifs is 1. The van der Waals surface area contributed by atoms with Gasteiger partial charge in [-0.3, -0.25) is 14.9 Å². The number of aromatic nitrogens is 2. The molecule has 9 nitrogen and oxygen atoms in total. The van der Waals surface area contributed by atoms with Gasteiger partial charge in [-0.2, -0.15) is 8.78 Å². The van der Waals surface area contributed by atoms with Gasteiger partial charge in [0.1, 0.15) is 11.4 Å². The number of rotatable bonds is 6. The normalized spacial score (nSPS) is 16.5. The summed E-state index contributed by atoms with van der Waals surface area (Å²) in [5.74, 6) is 0.0831. The van der Waals surface area contributed by atoms with Gasteiger partial charge in [0, 0.05) is 30.9 Å². The number of alkyl halides is 2. The fourth-order valence-corrected chi connectivity index (χ4v) is 3.76. The second-order valence-corrected chi connectivity index (χ2v) is 7.18. The summed E-state index contributed by atoms with van der Waals surface area (Å²) >= 11 is 0. The predicted molar refractivity (Wildman–Crippen MR) is 111 cm³/mol. The number of anilines is 2. The molecule has 11 heteroatoms. The van der Waals surface area contributed by atoms with Crippen LogP contribution in [0.3, 0.4) is 0 Å². The van der Waals surface area contributed by atoms with Crippen molar-refractivity contribution in [3.63, 3.8) is 0 Å². The first-order valence-corrected chi connectivity index (χ1v) is 9.63. The zero-order valence-corrected chi connectivity index (χ0v) is 16.3. The Morgan fingerprint density at radius 1 is 1.29 bits per heavy atom. The Kier molecular flexibility index (Phi) is 5.65. The highest BCUT2D eigenvalue weighted by Gasteiger charge is 2.24. The van der Waals surface area contributed by atoms with Gasteiger partial charge in [0.15, 0.2) is 0 Å². The van der Waals surface area contributed by atoms with Gasteiger partial charge < -0.3 is 19.9 Å². The van der Waals surface area contributed by atoms with Gasteiger partial charge in [0.25, 0.3) is 11.2 Å². The fourth-order valence-electron chi connectivity index (χ4n) is 3.76. The second-order valence-electron chi connectivity index (χ2n) is 7.18. The van der Waals surface area contributed by atoms with Crippen LogP contribution in [0.5, 0.6) is 5.75 Å². The molecule has 2 N–H and O–H groups in total. The second kappa shape index (κ2) is 8.54. The molecule has 0 amide bonds. The number of halogens is 2. The number of benzene rings is 2. The third-order valence-electron chi connectivity index (χ3n) is 5.16. The first-order valence-electron chi connectivity index (χ1n) is 9.63. The average Bonchev–Trinajstić information content (AvgIpc) is 2.74. The maximum Gasteiger partial charge on any atom is 0.387 e. The van der Waals surface area contributed by atoms with Crippen LogP contribution in [-0.4, -0.2) is 40.6 Å². The first kappa shape index (κ1) is 20.5. The van der Waals surface area contributed by atoms with E-state index in [0.717, 1.165) is 25.1 Å². The lowest BCUT2D eigenvalue weighted by Crippen LogP contribution is -2.42. The van der Waals surface area contributed by atoms with Crippen LogP contribution < -0.4 is 20.5 Å². The summed E-state index contributed by atoms with van der Waals surface area (Å²) in [5.41, 5.74) is 0.857. The lowest BCUT2D eigenvalue weighted by atomic mass is 10.0. The molecule has 0 aliphatic carbocycles. The molecular weight excluding hydrogens is 412 g/mol. The van der Waals surface area contributed by atoms with Gasteiger partial charge in [0.05, 0.1) is 22.2 Å². The first-order chi connectivity index (χ1) is 14.9. The molecule has 0 bridgehead atoms. The minimum atomic E-state index is -2.88. The number of nitro groups is 1. The van der Waals surface area contributed by atoms with Crippen LogP contribution in [0.25, 0.3) is 10.9 Å². The van der Waals surface area contributed by atoms with E-state index >= 15 is 0 Å². The molecule has 2 heterocycles. The minimum absolute atomic E-state index is 0.0831. The largest absolute Gasteiger partial charge is 0.435 e. The molecule has 0 spiro atoms. The highest BCUT2D eigenvalue weighted by molar-refractivity contribution is 5.86. The van der Waals surface area contributed by atoms with Gasteiger partial charge in [-0.25, -0.2) is 4.98 Å². The molecule has 1 unspecified atom stereocenters. The van der Waals surface area contributed by atoms with Crippen LogP contribution >= 0.6 is 0 Å². The SMILES string of the molecule is O=c1[nH]cnc2cc(NC3CCCN(c4ccc(OC(F)F)cc4)C3)c([N+](=O)[O-])cc12. The van der Waals surface area contributed by atoms with E-state index in [1.807, 2.05) is 0 Å². The molecule has 3 aromatic rings. The minimum Gasteiger partial charge on any atom is -0.435 e. The smallest absolute Gasteiger partial charge is 0.387 e. The van der Waals surface area contributed by atoms with Crippen molar-refractivity contribution in [3.05, 3.63) is 63.2 Å². The van der Waals surface area contributed by atoms with Crippen LogP contribution in [0.1, 0.15) is 12.8 Å². The molecule has 0 saturated carbocycles. The van der Waals surface area contributed by atoms with E-state index in [1.165, 1.54) is 30.6 Å². The van der Waals surface area contributed by atoms with Crippen LogP contribution in [0.4, 0.5) is 25.8 Å². The number of hydrogen-bond acceptors (Lipinski definition) is 7. The van der Waals surface area contributed by atoms with Gasteiger partial charge in [-0.1, -0.05) is 0 Å². The fraction of sp³-hybridized carbons (Fsp3) is 0.300. The zero-order valence-electron chi connectivity index (χ0n) is 16.3. The molecular formula is C20H19F2N5O4. The van der Waals surface area contributed by atoms with Gasteiger partial charge in [0.2, 0.25) is 0 Å². The van der Waals surface area contributed by atoms with Crippen LogP contribution in [0.15, 0.2) is 47.5 Å². The van der Waals surface area contributed by atoms with Crippen molar-refractivity contribution in [1.29, 1.82) is 0 Å². The Bertz CT molecular complexity index is 1150. The van der Waals surface area contributed by atoms with Crippen molar-refractivity contribution < 1.29 is 18.4 Å². The molecule has 1 aliphatic rings. The molecule has 1 fully saturated rings. The number of aromatic amines is 1. The lowest BCUT2D eigenvalue weighted by Gasteiger charge is -2.35. The number of ether oxygens (including phenoxy) is 1. The highest BCUT2D eigenvalue weighted by atomic mass is 19.3. The van der Waals surface area contributed by atoms with Crippen LogP contribution in [0.2, 0.25) is 0 Å². The van der Waals surface area contributed by atoms with Crippen LogP contribution in [-0.2, 0) is 0 Å². The van der Waals surface area contributed by atoms with E-state index in [-0.39, 0.29) is 22.9 Å². The average molecular weight is 431 g/mol. The van der Waals surface area contributed by atoms with Crippen molar-refractivity contribution in [1.82, 2.24) is 9.97 Å². The van der Waals surface area contributed by atoms with E-state index in [0.29, 0.717) is 17.7 Å². The molecule has 1 saturated heterocycles. The summed E-state index contributed by atoms with van der Waals surface area (Å²) in [4.78, 5) is 31.6. The molecule has 1 aromatic heterocycles. The number of nitrogens with one attached hydrogen (secondary N) is 2. The Balaban J connectivity index is 1.54. The van der Waals surface area contributed by atoms with Gasteiger partial charge >= 0.3 is 6.61 Å². The molecule has 4 rings (SSSR count). The number of nitro benzene ring substituents is 1. The summed E-state index contributed by atoms with van der Waals surface area (Å²) in [7, 11) is 0. The van der Waals surface area contributed by atoms with Gasteiger partial charge in [-0.05, 0) is 43.2 Å². The molecule has 2 aromatic carbocycles. The molecule has 1 atom stereocenters. The topological polar surface area (TPSA) is 113 Å². The Morgan fingerprint density at radius 2 is 2.06 bits per heavy atom. The molecule has 0 radical (unpaired) electrons. The number of nitrogens with zero attached hydrogens (tertiary/aromatic N) is 3. The zero-order chi connectivity index (χ0) is 22.0. The number of piperidine rings is 1. The number of hydrogen-bond donors (Lipinski definition) is 2. The van der Waals surface area contributed by atoms with Crippen LogP contribution in [0, 0.1) is 10.1 Å². The molecule has 31 heavy (non-hydrogen) atoms. The van der Waals surface area contributed by atoms with Crippen molar-refractivity contribution in [2.24, 2.45) is 0 Å². The summed E-state index contributed by atoms with van der Waals surface area (Å²) < 4.78 is 29.0. The third kappa shape index (κ3) is 4.55. The van der Waals surface area contributed by atoms with E-state index < -0.39 is 17.1 Å². The maximum atomic E-state index is 12.3. The Labute approximate surface area is 174 Å². The van der Waals surface area contributed by atoms with E-state index in [1.54, 1.807) is 12.1 Å². The highest BCUT2D eigenvalue weighted by Crippen LogP contribution is 2.31. The van der Waals surface area contributed by atoms with Gasteiger partial charge in [-0.15, -0.1) is 0 Å². The monoisotopic (exact) mass is 431 g/mol. The standard InChI is InChI=1S/C20H19F2N5O4/c21-20(22)31-14-5-3-13(4-6-14)26-7-1-2-12(10-26)25-17-9-16-15(8-18(17)27(29)30)19(28)24-11-23-16/h3-6,8-9,11-12,20,25H,1-2,7,10H2,(H,23,24,28). The molecule has 162 valence electrons. The van der Waals surface area contributed by atoms with Crippen molar-refractivity contribution in [2.75, 3.05) is 23.3 Å². The van der Waals surface area contributed by atoms with Crippen molar-refractivity contribution >= 4 is 28.0 Å². The maximum absolute atomic E-state index is 12.3. The predicted octanol–water partition coefficient (Wildman–Crippen LogP) is 3.51. The summed E-state index contributed by atoms with van der Waals surface area (Å²) in [6.07, 6.45) is 2.89. The van der Waals surface area contributed by atoms with E-state index in [9.17, 15) is 23.7 Å². The van der Waals surface area contributed by atoms with Crippen molar-refractivity contribution in [3.8, 4) is 5.75 Å². The third-order valence-corrected chi connectivity index (χ3v) is 5.16. The summed E-state index contributed by atoms with van der Waals surface area (Å²) in [5, 5.41) is 14.9. The summed E-state index contributed by atoms with van der Waals surface area (Å²) in [6, 6.07) is 9.02. The summed E-state index contributed by atoms with van der Waals surface area (Å²) in [6.45, 7) is -1.55. The lowest BCUT2D eigenvalue weighted by molar-refractivity contribution is -0.383. The van der Waals surface area contributed by atoms with E-state index in [2.05, 4.69) is 24.9 Å². The van der Waals surface area contributed by atoms with Crippen molar-refractivity contribution in [2.45, 2.75) is 25.5 Å². The Hall–Kier alpha value is -3.76. The quantitative estimate of drug-likeness (QED) is 0.453.